The summed E-state index contributed by atoms with van der Waals surface area (Å²) in [6, 6.07) is 0. The van der Waals surface area contributed by atoms with E-state index in [1.54, 1.807) is 0 Å². The molecule has 0 radical (unpaired) electrons. The lowest BCUT2D eigenvalue weighted by Crippen LogP contribution is -2.03. The number of aliphatic hydroxyl groups excluding tert-OH is 2. The molecule has 0 aliphatic rings. The lowest BCUT2D eigenvalue weighted by Gasteiger charge is -1.99. The minimum Gasteiger partial charge on any atom is -0.466 e. The normalized spacial score (nSPS) is 10.7. The van der Waals surface area contributed by atoms with Crippen LogP contribution in [0.2, 0.25) is 0 Å². The molecule has 0 spiro atoms. The molecule has 0 aromatic carbocycles. The van der Waals surface area contributed by atoms with E-state index in [0.717, 1.165) is 26.1 Å². The molecule has 0 saturated carbocycles. The predicted molar refractivity (Wildman–Crippen MR) is 95.6 cm³/mol. The summed E-state index contributed by atoms with van der Waals surface area (Å²) in [5.41, 5.74) is 0. The van der Waals surface area contributed by atoms with Gasteiger partial charge in [0.15, 0.2) is 0 Å². The number of esters is 1. The molecule has 1 unspecified atom stereocenters. The first kappa shape index (κ1) is 27.2. The van der Waals surface area contributed by atoms with Crippen molar-refractivity contribution in [1.82, 2.24) is 0 Å². The molecule has 23 heavy (non-hydrogen) atoms. The average Bonchev–Trinajstić information content (AvgIpc) is 2.52. The molecule has 5 heteroatoms. The number of unbranched alkanes of at least 4 members (excludes halogenated alkanes) is 4. The summed E-state index contributed by atoms with van der Waals surface area (Å²) in [6.07, 6.45) is 7.66. The monoisotopic (exact) mass is 336 g/mol. The molecule has 2 N–H and O–H groups in total. The van der Waals surface area contributed by atoms with E-state index >= 15 is 0 Å². The van der Waals surface area contributed by atoms with Crippen LogP contribution in [0.25, 0.3) is 0 Å². The summed E-state index contributed by atoms with van der Waals surface area (Å²) in [5.74, 6) is -0.175. The smallest absolute Gasteiger partial charge is 0.302 e. The Balaban J connectivity index is -0.000000273. The van der Waals surface area contributed by atoms with E-state index in [4.69, 9.17) is 19.7 Å². The van der Waals surface area contributed by atoms with E-state index in [1.165, 1.54) is 46.0 Å². The molecule has 0 aliphatic heterocycles. The second-order valence-corrected chi connectivity index (χ2v) is 5.40. The summed E-state index contributed by atoms with van der Waals surface area (Å²) < 4.78 is 10.0. The van der Waals surface area contributed by atoms with Gasteiger partial charge in [-0.3, -0.25) is 4.79 Å². The van der Waals surface area contributed by atoms with Crippen molar-refractivity contribution in [3.8, 4) is 0 Å². The fraction of sp³-hybridized carbons (Fsp3) is 0.944. The Labute approximate surface area is 143 Å². The molecule has 0 bridgehead atoms. The summed E-state index contributed by atoms with van der Waals surface area (Å²) in [4.78, 5) is 10.2. The van der Waals surface area contributed by atoms with Gasteiger partial charge in [0.2, 0.25) is 0 Å². The third-order valence-corrected chi connectivity index (χ3v) is 2.60. The van der Waals surface area contributed by atoms with Crippen molar-refractivity contribution >= 4 is 5.97 Å². The Bertz CT molecular complexity index is 202. The molecular weight excluding hydrogens is 296 g/mol. The summed E-state index contributed by atoms with van der Waals surface area (Å²) in [5, 5.41) is 16.0. The first-order chi connectivity index (χ1) is 11.0. The van der Waals surface area contributed by atoms with Crippen LogP contribution in [0.5, 0.6) is 0 Å². The Kier molecular flexibility index (Phi) is 31.1. The van der Waals surface area contributed by atoms with Crippen molar-refractivity contribution in [2.45, 2.75) is 85.7 Å². The molecule has 5 nitrogen and oxygen atoms in total. The molecule has 0 aliphatic carbocycles. The zero-order chi connectivity index (χ0) is 18.3. The van der Waals surface area contributed by atoms with Crippen LogP contribution in [0.3, 0.4) is 0 Å². The van der Waals surface area contributed by atoms with E-state index in [0.29, 0.717) is 6.61 Å². The summed E-state index contributed by atoms with van der Waals surface area (Å²) >= 11 is 0. The van der Waals surface area contributed by atoms with Crippen LogP contribution >= 0.6 is 0 Å². The Hall–Kier alpha value is -0.650. The zero-order valence-electron chi connectivity index (χ0n) is 16.0. The fourth-order valence-corrected chi connectivity index (χ4v) is 1.16. The van der Waals surface area contributed by atoms with Crippen LogP contribution in [-0.4, -0.2) is 48.7 Å². The number of aliphatic hydroxyl groups is 2. The van der Waals surface area contributed by atoms with Gasteiger partial charge in [-0.1, -0.05) is 46.5 Å². The highest BCUT2D eigenvalue weighted by atomic mass is 16.5. The van der Waals surface area contributed by atoms with Gasteiger partial charge >= 0.3 is 5.97 Å². The van der Waals surface area contributed by atoms with E-state index in [-0.39, 0.29) is 12.6 Å². The van der Waals surface area contributed by atoms with Gasteiger partial charge in [-0.15, -0.1) is 0 Å². The minimum absolute atomic E-state index is 0.139. The van der Waals surface area contributed by atoms with Crippen molar-refractivity contribution < 1.29 is 24.5 Å². The fourth-order valence-electron chi connectivity index (χ4n) is 1.16. The van der Waals surface area contributed by atoms with Crippen molar-refractivity contribution in [2.24, 2.45) is 0 Å². The Morgan fingerprint density at radius 2 is 1.35 bits per heavy atom. The standard InChI is InChI=1S/C8H18O.C7H14O2.C3H8O2/c1-3-5-7-9-8-6-4-2;1-3-4-5-6-9-7(2)8;1-3(5)2-4/h3-8H2,1-2H3;3-6H2,1-2H3;3-5H,2H2,1H3. The van der Waals surface area contributed by atoms with Gasteiger partial charge in [0.25, 0.3) is 0 Å². The molecule has 0 aromatic rings. The topological polar surface area (TPSA) is 76.0 Å². The first-order valence-electron chi connectivity index (χ1n) is 8.96. The maximum absolute atomic E-state index is 10.2. The molecule has 0 saturated heterocycles. The number of carbonyl (C=O) groups excluding carboxylic acids is 1. The average molecular weight is 337 g/mol. The molecule has 0 heterocycles. The van der Waals surface area contributed by atoms with Crippen molar-refractivity contribution in [2.75, 3.05) is 26.4 Å². The molecule has 0 rings (SSSR count). The van der Waals surface area contributed by atoms with E-state index in [2.05, 4.69) is 20.8 Å². The van der Waals surface area contributed by atoms with Gasteiger partial charge in [0, 0.05) is 20.1 Å². The molecule has 0 aromatic heterocycles. The van der Waals surface area contributed by atoms with Gasteiger partial charge in [-0.2, -0.15) is 0 Å². The quantitative estimate of drug-likeness (QED) is 0.444. The molecule has 0 amide bonds. The van der Waals surface area contributed by atoms with Crippen LogP contribution in [0, 0.1) is 0 Å². The highest BCUT2D eigenvalue weighted by Crippen LogP contribution is 1.93. The van der Waals surface area contributed by atoms with Crippen LogP contribution in [0.15, 0.2) is 0 Å². The lowest BCUT2D eigenvalue weighted by molar-refractivity contribution is -0.141. The predicted octanol–water partition coefficient (Wildman–Crippen LogP) is 3.70. The van der Waals surface area contributed by atoms with Gasteiger partial charge < -0.3 is 19.7 Å². The second kappa shape index (κ2) is 26.3. The Morgan fingerprint density at radius 3 is 1.65 bits per heavy atom. The van der Waals surface area contributed by atoms with Crippen LogP contribution in [0.4, 0.5) is 0 Å². The second-order valence-electron chi connectivity index (χ2n) is 5.40. The highest BCUT2D eigenvalue weighted by Gasteiger charge is 1.90. The van der Waals surface area contributed by atoms with E-state index in [1.807, 2.05) is 0 Å². The van der Waals surface area contributed by atoms with Crippen molar-refractivity contribution in [1.29, 1.82) is 0 Å². The van der Waals surface area contributed by atoms with E-state index < -0.39 is 6.10 Å². The maximum Gasteiger partial charge on any atom is 0.302 e. The molecular formula is C18H40O5. The number of hydrogen-bond acceptors (Lipinski definition) is 5. The van der Waals surface area contributed by atoms with Gasteiger partial charge in [0.05, 0.1) is 19.3 Å². The largest absolute Gasteiger partial charge is 0.466 e. The maximum atomic E-state index is 10.2. The highest BCUT2D eigenvalue weighted by molar-refractivity contribution is 5.65. The minimum atomic E-state index is -0.560. The van der Waals surface area contributed by atoms with Crippen LogP contribution in [-0.2, 0) is 14.3 Å². The van der Waals surface area contributed by atoms with Crippen LogP contribution in [0.1, 0.15) is 79.6 Å². The third-order valence-electron chi connectivity index (χ3n) is 2.60. The van der Waals surface area contributed by atoms with Crippen molar-refractivity contribution in [3.63, 3.8) is 0 Å². The van der Waals surface area contributed by atoms with Crippen LogP contribution < -0.4 is 0 Å². The number of carbonyl (C=O) groups is 1. The number of ether oxygens (including phenoxy) is 2. The third kappa shape index (κ3) is 44.9. The van der Waals surface area contributed by atoms with E-state index in [9.17, 15) is 4.79 Å². The van der Waals surface area contributed by atoms with Gasteiger partial charge in [0.1, 0.15) is 0 Å². The molecule has 142 valence electrons. The van der Waals surface area contributed by atoms with Gasteiger partial charge in [-0.05, 0) is 26.2 Å². The number of rotatable bonds is 11. The Morgan fingerprint density at radius 1 is 0.913 bits per heavy atom. The SMILES string of the molecule is CC(O)CO.CCCCCOC(C)=O.CCCCOCCCC. The molecule has 1 atom stereocenters. The summed E-state index contributed by atoms with van der Waals surface area (Å²) in [6.45, 7) is 11.8. The molecule has 0 fully saturated rings. The first-order valence-corrected chi connectivity index (χ1v) is 8.96. The summed E-state index contributed by atoms with van der Waals surface area (Å²) in [7, 11) is 0. The zero-order valence-corrected chi connectivity index (χ0v) is 16.0. The number of hydrogen-bond donors (Lipinski definition) is 2. The lowest BCUT2D eigenvalue weighted by atomic mass is 10.3. The van der Waals surface area contributed by atoms with Crippen molar-refractivity contribution in [3.05, 3.63) is 0 Å². The van der Waals surface area contributed by atoms with Gasteiger partial charge in [-0.25, -0.2) is 0 Å².